The minimum absolute atomic E-state index is 0.0550. The third-order valence-electron chi connectivity index (χ3n) is 3.92. The van der Waals surface area contributed by atoms with E-state index in [1.165, 1.54) is 11.3 Å². The number of rotatable bonds is 4. The van der Waals surface area contributed by atoms with Gasteiger partial charge < -0.3 is 5.32 Å². The molecule has 0 saturated heterocycles. The topological polar surface area (TPSA) is 98.0 Å². The van der Waals surface area contributed by atoms with Crippen LogP contribution in [0.25, 0.3) is 16.3 Å². The van der Waals surface area contributed by atoms with Gasteiger partial charge in [0.25, 0.3) is 5.78 Å². The largest absolute Gasteiger partial charge is 0.302 e. The monoisotopic (exact) mass is 379 g/mol. The van der Waals surface area contributed by atoms with Gasteiger partial charge in [0.05, 0.1) is 22.7 Å². The Morgan fingerprint density at radius 2 is 2.04 bits per heavy atom. The van der Waals surface area contributed by atoms with E-state index in [1.807, 2.05) is 45.0 Å². The number of aryl methyl sites for hydroxylation is 3. The van der Waals surface area contributed by atoms with E-state index in [-0.39, 0.29) is 12.3 Å². The zero-order valence-corrected chi connectivity index (χ0v) is 15.9. The zero-order chi connectivity index (χ0) is 19.0. The molecule has 0 radical (unpaired) electrons. The van der Waals surface area contributed by atoms with Crippen molar-refractivity contribution < 1.29 is 4.79 Å². The highest BCUT2D eigenvalue weighted by molar-refractivity contribution is 7.19. The maximum atomic E-state index is 12.4. The van der Waals surface area contributed by atoms with Crippen LogP contribution in [-0.2, 0) is 11.2 Å². The molecule has 1 amide bonds. The van der Waals surface area contributed by atoms with Gasteiger partial charge in [-0.15, -0.1) is 5.10 Å². The summed E-state index contributed by atoms with van der Waals surface area (Å²) in [5.74, 6) is 0.700. The number of carbonyl (C=O) groups excluding carboxylic acids is 1. The number of nitrogens with one attached hydrogen (secondary N) is 1. The van der Waals surface area contributed by atoms with Crippen LogP contribution in [0.4, 0.5) is 5.13 Å². The number of carbonyl (C=O) groups is 1. The lowest BCUT2D eigenvalue weighted by atomic mass is 10.3. The molecule has 0 bridgehead atoms. The second-order valence-corrected chi connectivity index (χ2v) is 7.15. The van der Waals surface area contributed by atoms with Gasteiger partial charge in [0, 0.05) is 17.6 Å². The molecule has 0 spiro atoms. The van der Waals surface area contributed by atoms with E-state index in [9.17, 15) is 4.79 Å². The maximum absolute atomic E-state index is 12.4. The lowest BCUT2D eigenvalue weighted by molar-refractivity contribution is -0.115. The lowest BCUT2D eigenvalue weighted by Gasteiger charge is -1.98. The molecule has 0 aromatic carbocycles. The first kappa shape index (κ1) is 17.2. The second kappa shape index (κ2) is 6.84. The Bertz CT molecular complexity index is 1130. The molecule has 0 aliphatic carbocycles. The summed E-state index contributed by atoms with van der Waals surface area (Å²) in [7, 11) is 0. The van der Waals surface area contributed by atoms with Gasteiger partial charge in [-0.25, -0.2) is 14.5 Å². The molecule has 4 aromatic rings. The average Bonchev–Trinajstić information content (AvgIpc) is 3.18. The maximum Gasteiger partial charge on any atom is 0.252 e. The van der Waals surface area contributed by atoms with Crippen molar-refractivity contribution >= 4 is 28.2 Å². The molecule has 136 valence electrons. The van der Waals surface area contributed by atoms with Crippen molar-refractivity contribution in [1.82, 2.24) is 29.5 Å². The summed E-state index contributed by atoms with van der Waals surface area (Å²) in [5, 5.41) is 7.72. The molecule has 4 heterocycles. The Kier molecular flexibility index (Phi) is 4.36. The number of hydrogen-bond acceptors (Lipinski definition) is 7. The van der Waals surface area contributed by atoms with E-state index < -0.39 is 0 Å². The summed E-state index contributed by atoms with van der Waals surface area (Å²) in [6.45, 7) is 5.73. The number of nitrogens with zero attached hydrogens (tertiary/aromatic N) is 6. The van der Waals surface area contributed by atoms with Gasteiger partial charge >= 0.3 is 0 Å². The third-order valence-corrected chi connectivity index (χ3v) is 5.02. The fraction of sp³-hybridized carbons (Fsp3) is 0.222. The summed E-state index contributed by atoms with van der Waals surface area (Å²) in [6.07, 6.45) is 1.79. The van der Waals surface area contributed by atoms with Crippen molar-refractivity contribution in [2.45, 2.75) is 27.2 Å². The number of thiazole rings is 1. The standard InChI is InChI=1S/C18H17N7OS/c1-10-8-11(2)25-17(20-10)22-14(24-25)9-15(26)23-18-21-12(3)16(27-18)13-6-4-5-7-19-13/h4-8H,9H2,1-3H3,(H,21,23,26). The second-order valence-electron chi connectivity index (χ2n) is 6.15. The molecular weight excluding hydrogens is 362 g/mol. The highest BCUT2D eigenvalue weighted by Crippen LogP contribution is 2.31. The summed E-state index contributed by atoms with van der Waals surface area (Å²) in [5.41, 5.74) is 3.46. The molecular formula is C18H17N7OS. The zero-order valence-electron chi connectivity index (χ0n) is 15.1. The van der Waals surface area contributed by atoms with Crippen LogP contribution in [0, 0.1) is 20.8 Å². The molecule has 0 unspecified atom stereocenters. The first-order chi connectivity index (χ1) is 13.0. The van der Waals surface area contributed by atoms with Crippen LogP contribution in [0.3, 0.4) is 0 Å². The normalized spacial score (nSPS) is 11.1. The van der Waals surface area contributed by atoms with Crippen LogP contribution in [0.1, 0.15) is 22.9 Å². The number of amides is 1. The minimum Gasteiger partial charge on any atom is -0.302 e. The van der Waals surface area contributed by atoms with Gasteiger partial charge in [-0.3, -0.25) is 9.78 Å². The number of pyridine rings is 1. The van der Waals surface area contributed by atoms with Gasteiger partial charge in [-0.2, -0.15) is 4.98 Å². The summed E-state index contributed by atoms with van der Waals surface area (Å²) >= 11 is 1.40. The van der Waals surface area contributed by atoms with Crippen LogP contribution in [0.5, 0.6) is 0 Å². The highest BCUT2D eigenvalue weighted by atomic mass is 32.1. The van der Waals surface area contributed by atoms with Gasteiger partial charge in [-0.1, -0.05) is 17.4 Å². The van der Waals surface area contributed by atoms with E-state index in [1.54, 1.807) is 10.7 Å². The minimum atomic E-state index is -0.221. The van der Waals surface area contributed by atoms with E-state index in [4.69, 9.17) is 0 Å². The number of hydrogen-bond donors (Lipinski definition) is 1. The predicted octanol–water partition coefficient (Wildman–Crippen LogP) is 2.75. The molecule has 4 aromatic heterocycles. The van der Waals surface area contributed by atoms with Crippen molar-refractivity contribution in [3.05, 3.63) is 53.4 Å². The molecule has 8 nitrogen and oxygen atoms in total. The molecule has 27 heavy (non-hydrogen) atoms. The first-order valence-electron chi connectivity index (χ1n) is 8.38. The predicted molar refractivity (Wildman–Crippen MR) is 103 cm³/mol. The Hall–Kier alpha value is -3.20. The van der Waals surface area contributed by atoms with Crippen LogP contribution in [0.15, 0.2) is 30.5 Å². The average molecular weight is 379 g/mol. The first-order valence-corrected chi connectivity index (χ1v) is 9.20. The van der Waals surface area contributed by atoms with E-state index in [0.29, 0.717) is 16.7 Å². The van der Waals surface area contributed by atoms with E-state index in [0.717, 1.165) is 27.7 Å². The van der Waals surface area contributed by atoms with E-state index in [2.05, 4.69) is 30.4 Å². The molecule has 0 atom stereocenters. The molecule has 0 aliphatic heterocycles. The van der Waals surface area contributed by atoms with Crippen LogP contribution in [-0.4, -0.2) is 35.5 Å². The van der Waals surface area contributed by atoms with Crippen LogP contribution < -0.4 is 5.32 Å². The van der Waals surface area contributed by atoms with Crippen LogP contribution in [0.2, 0.25) is 0 Å². The summed E-state index contributed by atoms with van der Waals surface area (Å²) < 4.78 is 1.64. The van der Waals surface area contributed by atoms with Gasteiger partial charge in [0.2, 0.25) is 5.91 Å². The molecule has 9 heteroatoms. The van der Waals surface area contributed by atoms with Gasteiger partial charge in [-0.05, 0) is 39.0 Å². The molecule has 0 fully saturated rings. The fourth-order valence-electron chi connectivity index (χ4n) is 2.77. The van der Waals surface area contributed by atoms with E-state index >= 15 is 0 Å². The van der Waals surface area contributed by atoms with Crippen molar-refractivity contribution in [2.24, 2.45) is 0 Å². The highest BCUT2D eigenvalue weighted by Gasteiger charge is 2.15. The van der Waals surface area contributed by atoms with Crippen molar-refractivity contribution in [3.8, 4) is 10.6 Å². The Morgan fingerprint density at radius 1 is 1.19 bits per heavy atom. The third kappa shape index (κ3) is 3.54. The van der Waals surface area contributed by atoms with Gasteiger partial charge in [0.15, 0.2) is 11.0 Å². The Balaban J connectivity index is 1.51. The van der Waals surface area contributed by atoms with Crippen LogP contribution >= 0.6 is 11.3 Å². The SMILES string of the molecule is Cc1cc(C)n2nc(CC(=O)Nc3nc(C)c(-c4ccccn4)s3)nc2n1. The number of fused-ring (bicyclic) bond motifs is 1. The Morgan fingerprint density at radius 3 is 2.81 bits per heavy atom. The lowest BCUT2D eigenvalue weighted by Crippen LogP contribution is -2.15. The molecule has 0 aliphatic rings. The summed E-state index contributed by atoms with van der Waals surface area (Å²) in [6, 6.07) is 7.63. The number of anilines is 1. The quantitative estimate of drug-likeness (QED) is 0.585. The van der Waals surface area contributed by atoms with Gasteiger partial charge in [0.1, 0.15) is 0 Å². The van der Waals surface area contributed by atoms with Crippen molar-refractivity contribution in [3.63, 3.8) is 0 Å². The molecule has 0 saturated carbocycles. The van der Waals surface area contributed by atoms with Crippen molar-refractivity contribution in [1.29, 1.82) is 0 Å². The fourth-order valence-corrected chi connectivity index (χ4v) is 3.73. The number of aromatic nitrogens is 6. The molecule has 4 rings (SSSR count). The van der Waals surface area contributed by atoms with Crippen molar-refractivity contribution in [2.75, 3.05) is 5.32 Å². The smallest absolute Gasteiger partial charge is 0.252 e. The Labute approximate surface area is 159 Å². The molecule has 1 N–H and O–H groups in total. The summed E-state index contributed by atoms with van der Waals surface area (Å²) in [4.78, 5) is 30.8.